The molecular formula is C13H27NO3S. The standard InChI is InChI=1S/C7H15NOS.C6H12O2/c1-7(2,3)10(9)8-6-4-5-6;1-3-5-6(7)8-4-2/h6,8H,4-5H2,1-3H3;3-5H2,1-2H3. The van der Waals surface area contributed by atoms with E-state index in [1.807, 2.05) is 34.6 Å². The average molecular weight is 277 g/mol. The van der Waals surface area contributed by atoms with E-state index in [1.54, 1.807) is 0 Å². The van der Waals surface area contributed by atoms with Crippen LogP contribution in [-0.4, -0.2) is 27.9 Å². The van der Waals surface area contributed by atoms with E-state index in [2.05, 4.69) is 9.46 Å². The summed E-state index contributed by atoms with van der Waals surface area (Å²) in [5.74, 6) is -0.0880. The van der Waals surface area contributed by atoms with Gasteiger partial charge >= 0.3 is 5.97 Å². The zero-order chi connectivity index (χ0) is 14.2. The Hall–Kier alpha value is -0.260. The predicted molar refractivity (Wildman–Crippen MR) is 75.6 cm³/mol. The van der Waals surface area contributed by atoms with E-state index >= 15 is 0 Å². The Morgan fingerprint density at radius 1 is 1.39 bits per heavy atom. The van der Waals surface area contributed by atoms with Gasteiger partial charge in [-0.1, -0.05) is 6.92 Å². The van der Waals surface area contributed by atoms with E-state index in [0.29, 0.717) is 19.1 Å². The number of carbonyl (C=O) groups excluding carboxylic acids is 1. The van der Waals surface area contributed by atoms with Crippen molar-refractivity contribution in [3.05, 3.63) is 0 Å². The minimum absolute atomic E-state index is 0.0880. The normalized spacial score (nSPS) is 16.6. The number of hydrogen-bond acceptors (Lipinski definition) is 4. The molecule has 0 bridgehead atoms. The molecule has 0 heterocycles. The van der Waals surface area contributed by atoms with Crippen molar-refractivity contribution in [2.75, 3.05) is 6.61 Å². The number of hydrogen-bond donors (Lipinski definition) is 1. The Bertz CT molecular complexity index is 229. The van der Waals surface area contributed by atoms with Gasteiger partial charge < -0.3 is 9.29 Å². The average Bonchev–Trinajstić information content (AvgIpc) is 3.02. The lowest BCUT2D eigenvalue weighted by Crippen LogP contribution is -2.40. The Kier molecular flexibility index (Phi) is 8.65. The molecule has 1 saturated carbocycles. The molecule has 18 heavy (non-hydrogen) atoms. The fourth-order valence-corrected chi connectivity index (χ4v) is 1.86. The highest BCUT2D eigenvalue weighted by Crippen LogP contribution is 2.23. The maximum Gasteiger partial charge on any atom is 0.305 e. The van der Waals surface area contributed by atoms with E-state index in [0.717, 1.165) is 6.42 Å². The number of esters is 1. The highest BCUT2D eigenvalue weighted by Gasteiger charge is 2.33. The Morgan fingerprint density at radius 2 is 1.94 bits per heavy atom. The van der Waals surface area contributed by atoms with Gasteiger partial charge in [-0.3, -0.25) is 4.79 Å². The van der Waals surface area contributed by atoms with Crippen LogP contribution in [0.15, 0.2) is 0 Å². The van der Waals surface area contributed by atoms with Gasteiger partial charge in [0.05, 0.1) is 12.6 Å². The second-order valence-electron chi connectivity index (χ2n) is 5.33. The van der Waals surface area contributed by atoms with Crippen molar-refractivity contribution in [2.24, 2.45) is 0 Å². The highest BCUT2D eigenvalue weighted by atomic mass is 32.2. The van der Waals surface area contributed by atoms with Crippen LogP contribution in [0.1, 0.15) is 60.3 Å². The van der Waals surface area contributed by atoms with E-state index in [4.69, 9.17) is 0 Å². The first-order valence-electron chi connectivity index (χ1n) is 6.64. The van der Waals surface area contributed by atoms with Gasteiger partial charge in [0.2, 0.25) is 0 Å². The molecule has 0 saturated heterocycles. The molecular weight excluding hydrogens is 250 g/mol. The molecule has 0 aromatic carbocycles. The third kappa shape index (κ3) is 9.74. The maximum absolute atomic E-state index is 11.3. The second kappa shape index (κ2) is 8.77. The van der Waals surface area contributed by atoms with Crippen LogP contribution in [0.2, 0.25) is 0 Å². The largest absolute Gasteiger partial charge is 0.598 e. The first-order chi connectivity index (χ1) is 8.31. The maximum atomic E-state index is 11.3. The summed E-state index contributed by atoms with van der Waals surface area (Å²) in [5, 5.41) is 0. The summed E-state index contributed by atoms with van der Waals surface area (Å²) in [4.78, 5) is 10.4. The van der Waals surface area contributed by atoms with Gasteiger partial charge in [-0.25, -0.2) is 0 Å². The van der Waals surface area contributed by atoms with Crippen LogP contribution in [0, 0.1) is 0 Å². The molecule has 0 aliphatic heterocycles. The number of carbonyl (C=O) groups is 1. The molecule has 108 valence electrons. The number of nitrogens with one attached hydrogen (secondary N) is 1. The van der Waals surface area contributed by atoms with Crippen LogP contribution in [0.5, 0.6) is 0 Å². The highest BCUT2D eigenvalue weighted by molar-refractivity contribution is 7.90. The molecule has 0 aromatic rings. The zero-order valence-corrected chi connectivity index (χ0v) is 13.1. The van der Waals surface area contributed by atoms with Crippen LogP contribution in [0.3, 0.4) is 0 Å². The first kappa shape index (κ1) is 17.7. The fraction of sp³-hybridized carbons (Fsp3) is 0.923. The van der Waals surface area contributed by atoms with Gasteiger partial charge in [-0.2, -0.15) is 0 Å². The fourth-order valence-electron chi connectivity index (χ4n) is 0.967. The molecule has 1 aliphatic carbocycles. The van der Waals surface area contributed by atoms with Gasteiger partial charge in [0.1, 0.15) is 4.75 Å². The topological polar surface area (TPSA) is 61.4 Å². The van der Waals surface area contributed by atoms with Crippen LogP contribution >= 0.6 is 0 Å². The van der Waals surface area contributed by atoms with Crippen LogP contribution in [0.25, 0.3) is 0 Å². The summed E-state index contributed by atoms with van der Waals surface area (Å²) in [5.41, 5.74) is 0. The van der Waals surface area contributed by atoms with Crippen molar-refractivity contribution in [3.8, 4) is 0 Å². The summed E-state index contributed by atoms with van der Waals surface area (Å²) in [7, 11) is 0. The minimum Gasteiger partial charge on any atom is -0.598 e. The molecule has 0 radical (unpaired) electrons. The molecule has 5 heteroatoms. The minimum atomic E-state index is -0.855. The molecule has 1 atom stereocenters. The van der Waals surface area contributed by atoms with Gasteiger partial charge in [-0.15, -0.1) is 4.72 Å². The lowest BCUT2D eigenvalue weighted by atomic mass is 10.3. The predicted octanol–water partition coefficient (Wildman–Crippen LogP) is 2.55. The SMILES string of the molecule is CC(C)(C)[S+]([O-])NC1CC1.CCCC(=O)OCC. The molecule has 0 aromatic heterocycles. The van der Waals surface area contributed by atoms with Crippen molar-refractivity contribution in [3.63, 3.8) is 0 Å². The molecule has 1 fully saturated rings. The first-order valence-corrected chi connectivity index (χ1v) is 7.79. The zero-order valence-electron chi connectivity index (χ0n) is 12.2. The number of ether oxygens (including phenoxy) is 1. The van der Waals surface area contributed by atoms with Gasteiger partial charge in [-0.05, 0) is 47.0 Å². The third-order valence-corrected chi connectivity index (χ3v) is 3.83. The van der Waals surface area contributed by atoms with Gasteiger partial charge in [0.15, 0.2) is 0 Å². The van der Waals surface area contributed by atoms with E-state index in [-0.39, 0.29) is 10.7 Å². The summed E-state index contributed by atoms with van der Waals surface area (Å²) < 4.78 is 18.9. The van der Waals surface area contributed by atoms with E-state index in [9.17, 15) is 9.35 Å². The number of rotatable bonds is 5. The summed E-state index contributed by atoms with van der Waals surface area (Å²) >= 11 is -0.855. The van der Waals surface area contributed by atoms with E-state index in [1.165, 1.54) is 12.8 Å². The molecule has 0 spiro atoms. The molecule has 4 nitrogen and oxygen atoms in total. The van der Waals surface area contributed by atoms with Crippen molar-refractivity contribution in [1.82, 2.24) is 4.72 Å². The van der Waals surface area contributed by atoms with Crippen LogP contribution < -0.4 is 4.72 Å². The van der Waals surface area contributed by atoms with Crippen LogP contribution in [0.4, 0.5) is 0 Å². The second-order valence-corrected chi connectivity index (χ2v) is 7.33. The molecule has 1 unspecified atom stereocenters. The Morgan fingerprint density at radius 3 is 2.28 bits per heavy atom. The monoisotopic (exact) mass is 277 g/mol. The van der Waals surface area contributed by atoms with Crippen molar-refractivity contribution in [2.45, 2.75) is 71.1 Å². The summed E-state index contributed by atoms with van der Waals surface area (Å²) in [6.45, 7) is 10.2. The smallest absolute Gasteiger partial charge is 0.305 e. The van der Waals surface area contributed by atoms with Gasteiger partial charge in [0, 0.05) is 17.8 Å². The Labute approximate surface area is 114 Å². The van der Waals surface area contributed by atoms with Crippen LogP contribution in [-0.2, 0) is 20.9 Å². The molecule has 1 rings (SSSR count). The van der Waals surface area contributed by atoms with Crippen molar-refractivity contribution >= 4 is 17.3 Å². The summed E-state index contributed by atoms with van der Waals surface area (Å²) in [6, 6.07) is 0.542. The van der Waals surface area contributed by atoms with Crippen molar-refractivity contribution < 1.29 is 14.1 Å². The van der Waals surface area contributed by atoms with Gasteiger partial charge in [0.25, 0.3) is 0 Å². The lowest BCUT2D eigenvalue weighted by Gasteiger charge is -2.23. The molecule has 1 N–H and O–H groups in total. The third-order valence-electron chi connectivity index (χ3n) is 2.17. The molecule has 0 amide bonds. The van der Waals surface area contributed by atoms with E-state index < -0.39 is 11.4 Å². The quantitative estimate of drug-likeness (QED) is 0.619. The van der Waals surface area contributed by atoms with Crippen molar-refractivity contribution in [1.29, 1.82) is 0 Å². The summed E-state index contributed by atoms with van der Waals surface area (Å²) in [6.07, 6.45) is 3.82. The Balaban J connectivity index is 0.000000331. The lowest BCUT2D eigenvalue weighted by molar-refractivity contribution is -0.143. The molecule has 1 aliphatic rings.